The number of aryl methyl sites for hydroxylation is 3. The molecule has 0 amide bonds. The normalized spacial score (nSPS) is 9.73. The predicted octanol–water partition coefficient (Wildman–Crippen LogP) is 3.26. The van der Waals surface area contributed by atoms with Crippen molar-refractivity contribution in [3.05, 3.63) is 34.4 Å². The maximum Gasteiger partial charge on any atom is 0.0455 e. The van der Waals surface area contributed by atoms with Crippen molar-refractivity contribution >= 4 is 5.69 Å². The lowest BCUT2D eigenvalue weighted by Gasteiger charge is -2.07. The van der Waals surface area contributed by atoms with Gasteiger partial charge in [-0.05, 0) is 31.9 Å². The highest BCUT2D eigenvalue weighted by molar-refractivity contribution is 5.53. The third kappa shape index (κ3) is 1.45. The van der Waals surface area contributed by atoms with Gasteiger partial charge in [-0.15, -0.1) is 0 Å². The Balaban J connectivity index is 3.36. The van der Waals surface area contributed by atoms with E-state index in [0.29, 0.717) is 5.69 Å². The Morgan fingerprint density at radius 1 is 1.09 bits per heavy atom. The molecular formula is C9H11N2-. The van der Waals surface area contributed by atoms with Crippen LogP contribution in [0.1, 0.15) is 16.7 Å². The Kier molecular flexibility index (Phi) is 2.03. The van der Waals surface area contributed by atoms with Crippen LogP contribution in [0.25, 0.3) is 5.53 Å². The zero-order chi connectivity index (χ0) is 8.43. The van der Waals surface area contributed by atoms with Gasteiger partial charge in [0.1, 0.15) is 0 Å². The number of nitrogens with zero attached hydrogens (tertiary/aromatic N) is 2. The summed E-state index contributed by atoms with van der Waals surface area (Å²) in [6.07, 6.45) is 0. The summed E-state index contributed by atoms with van der Waals surface area (Å²) in [6, 6.07) is 4.00. The molecule has 0 radical (unpaired) electrons. The van der Waals surface area contributed by atoms with E-state index in [2.05, 4.69) is 5.11 Å². The molecule has 2 nitrogen and oxygen atoms in total. The van der Waals surface area contributed by atoms with Gasteiger partial charge < -0.3 is 10.6 Å². The lowest BCUT2D eigenvalue weighted by molar-refractivity contribution is 1.28. The maximum atomic E-state index is 8.62. The third-order valence-electron chi connectivity index (χ3n) is 1.74. The second-order valence-corrected chi connectivity index (χ2v) is 2.85. The van der Waals surface area contributed by atoms with Crippen LogP contribution in [0.2, 0.25) is 0 Å². The van der Waals surface area contributed by atoms with Gasteiger partial charge in [-0.3, -0.25) is 0 Å². The molecule has 0 spiro atoms. The number of rotatable bonds is 1. The molecule has 0 aliphatic rings. The van der Waals surface area contributed by atoms with Crippen LogP contribution in [0.15, 0.2) is 17.2 Å². The highest BCUT2D eigenvalue weighted by atomic mass is 15.0. The fourth-order valence-electron chi connectivity index (χ4n) is 1.33. The molecule has 0 saturated carbocycles. The summed E-state index contributed by atoms with van der Waals surface area (Å²) < 4.78 is 0. The molecule has 0 unspecified atom stereocenters. The Morgan fingerprint density at radius 3 is 1.91 bits per heavy atom. The van der Waals surface area contributed by atoms with Gasteiger partial charge in [-0.2, -0.15) is 0 Å². The van der Waals surface area contributed by atoms with Gasteiger partial charge in [-0.1, -0.05) is 17.7 Å². The number of hydrogen-bond acceptors (Lipinski definition) is 1. The molecule has 0 saturated heterocycles. The topological polar surface area (TPSA) is 34.7 Å². The average molecular weight is 147 g/mol. The quantitative estimate of drug-likeness (QED) is 0.546. The van der Waals surface area contributed by atoms with E-state index in [-0.39, 0.29) is 0 Å². The van der Waals surface area contributed by atoms with E-state index in [1.54, 1.807) is 0 Å². The van der Waals surface area contributed by atoms with Gasteiger partial charge in [0.25, 0.3) is 0 Å². The summed E-state index contributed by atoms with van der Waals surface area (Å²) in [5.41, 5.74) is 12.5. The first kappa shape index (κ1) is 7.92. The summed E-state index contributed by atoms with van der Waals surface area (Å²) >= 11 is 0. The van der Waals surface area contributed by atoms with E-state index >= 15 is 0 Å². The molecule has 0 fully saturated rings. The van der Waals surface area contributed by atoms with Crippen molar-refractivity contribution in [1.82, 2.24) is 0 Å². The van der Waals surface area contributed by atoms with Crippen molar-refractivity contribution in [3.8, 4) is 0 Å². The minimum atomic E-state index is 0.690. The van der Waals surface area contributed by atoms with E-state index in [4.69, 9.17) is 5.53 Å². The van der Waals surface area contributed by atoms with Gasteiger partial charge in [0.15, 0.2) is 0 Å². The van der Waals surface area contributed by atoms with Crippen LogP contribution in [0.5, 0.6) is 0 Å². The smallest absolute Gasteiger partial charge is 0.0455 e. The van der Waals surface area contributed by atoms with Crippen molar-refractivity contribution in [2.75, 3.05) is 0 Å². The summed E-state index contributed by atoms with van der Waals surface area (Å²) in [7, 11) is 0. The molecule has 1 rings (SSSR count). The molecule has 0 aliphatic carbocycles. The summed E-state index contributed by atoms with van der Waals surface area (Å²) in [4.78, 5) is 0. The zero-order valence-corrected chi connectivity index (χ0v) is 7.05. The van der Waals surface area contributed by atoms with Crippen molar-refractivity contribution in [3.63, 3.8) is 0 Å². The minimum Gasteiger partial charge on any atom is -0.706 e. The van der Waals surface area contributed by atoms with E-state index < -0.39 is 0 Å². The van der Waals surface area contributed by atoms with Crippen molar-refractivity contribution < 1.29 is 0 Å². The van der Waals surface area contributed by atoms with E-state index in [9.17, 15) is 0 Å². The Hall–Kier alpha value is -1.18. The van der Waals surface area contributed by atoms with Gasteiger partial charge in [0.2, 0.25) is 0 Å². The minimum absolute atomic E-state index is 0.690. The monoisotopic (exact) mass is 147 g/mol. The SMILES string of the molecule is Cc1cc(C)c(N=[N-])c(C)c1. The van der Waals surface area contributed by atoms with Crippen LogP contribution in [-0.2, 0) is 0 Å². The standard InChI is InChI=1S/C9H11N2/c1-6-4-7(2)9(11-10)8(3)5-6/h4-5H,1-3H3/q-1. The summed E-state index contributed by atoms with van der Waals surface area (Å²) in [6.45, 7) is 5.91. The van der Waals surface area contributed by atoms with E-state index in [1.165, 1.54) is 5.56 Å². The van der Waals surface area contributed by atoms with Crippen LogP contribution >= 0.6 is 0 Å². The second kappa shape index (κ2) is 2.82. The number of hydrogen-bond donors (Lipinski definition) is 0. The molecular weight excluding hydrogens is 136 g/mol. The Labute approximate surface area is 66.8 Å². The van der Waals surface area contributed by atoms with Crippen molar-refractivity contribution in [1.29, 1.82) is 0 Å². The van der Waals surface area contributed by atoms with E-state index in [0.717, 1.165) is 11.1 Å². The molecule has 1 aromatic rings. The largest absolute Gasteiger partial charge is 0.706 e. The Morgan fingerprint density at radius 2 is 1.55 bits per heavy atom. The highest BCUT2D eigenvalue weighted by Crippen LogP contribution is 2.24. The van der Waals surface area contributed by atoms with Crippen molar-refractivity contribution in [2.24, 2.45) is 5.11 Å². The molecule has 0 heterocycles. The first-order valence-corrected chi connectivity index (χ1v) is 3.58. The van der Waals surface area contributed by atoms with Crippen LogP contribution in [0.3, 0.4) is 0 Å². The molecule has 0 bridgehead atoms. The Bertz CT molecular complexity index is 267. The fourth-order valence-corrected chi connectivity index (χ4v) is 1.33. The van der Waals surface area contributed by atoms with Crippen molar-refractivity contribution in [2.45, 2.75) is 20.8 Å². The number of benzene rings is 1. The van der Waals surface area contributed by atoms with Gasteiger partial charge >= 0.3 is 0 Å². The van der Waals surface area contributed by atoms with Crippen LogP contribution in [0, 0.1) is 20.8 Å². The summed E-state index contributed by atoms with van der Waals surface area (Å²) in [5, 5.41) is 3.21. The molecule has 0 atom stereocenters. The first-order chi connectivity index (χ1) is 5.15. The highest BCUT2D eigenvalue weighted by Gasteiger charge is 1.97. The molecule has 0 aromatic heterocycles. The molecule has 2 heteroatoms. The summed E-state index contributed by atoms with van der Waals surface area (Å²) in [5.74, 6) is 0. The molecule has 11 heavy (non-hydrogen) atoms. The van der Waals surface area contributed by atoms with Crippen LogP contribution < -0.4 is 0 Å². The second-order valence-electron chi connectivity index (χ2n) is 2.85. The van der Waals surface area contributed by atoms with Gasteiger partial charge in [0.05, 0.1) is 0 Å². The van der Waals surface area contributed by atoms with E-state index in [1.807, 2.05) is 32.9 Å². The van der Waals surface area contributed by atoms with Crippen LogP contribution in [-0.4, -0.2) is 0 Å². The lowest BCUT2D eigenvalue weighted by Crippen LogP contribution is -1.81. The molecule has 0 N–H and O–H groups in total. The van der Waals surface area contributed by atoms with Crippen LogP contribution in [0.4, 0.5) is 5.69 Å². The zero-order valence-electron chi connectivity index (χ0n) is 7.05. The average Bonchev–Trinajstić information content (AvgIpc) is 1.85. The first-order valence-electron chi connectivity index (χ1n) is 3.58. The third-order valence-corrected chi connectivity index (χ3v) is 1.74. The molecule has 0 aliphatic heterocycles. The maximum absolute atomic E-state index is 8.62. The lowest BCUT2D eigenvalue weighted by atomic mass is 10.1. The van der Waals surface area contributed by atoms with Gasteiger partial charge in [0, 0.05) is 5.69 Å². The fraction of sp³-hybridized carbons (Fsp3) is 0.333. The predicted molar refractivity (Wildman–Crippen MR) is 46.1 cm³/mol. The molecule has 1 aromatic carbocycles. The van der Waals surface area contributed by atoms with Gasteiger partial charge in [-0.25, -0.2) is 0 Å². The molecule has 58 valence electrons.